The third-order valence-corrected chi connectivity index (χ3v) is 5.89. The van der Waals surface area contributed by atoms with Crippen LogP contribution in [0.5, 0.6) is 0 Å². The van der Waals surface area contributed by atoms with Crippen molar-refractivity contribution in [2.45, 2.75) is 38.3 Å². The third kappa shape index (κ3) is 3.25. The highest BCUT2D eigenvalue weighted by atomic mass is 16.5. The molecule has 8 heteroatoms. The summed E-state index contributed by atoms with van der Waals surface area (Å²) in [6.07, 6.45) is 3.69. The lowest BCUT2D eigenvalue weighted by molar-refractivity contribution is -0.139. The van der Waals surface area contributed by atoms with E-state index in [-0.39, 0.29) is 17.5 Å². The van der Waals surface area contributed by atoms with Crippen LogP contribution in [0.3, 0.4) is 0 Å². The van der Waals surface area contributed by atoms with E-state index in [2.05, 4.69) is 10.00 Å². The Hall–Kier alpha value is -1.67. The molecule has 2 fully saturated rings. The Morgan fingerprint density at radius 1 is 1.12 bits per heavy atom. The summed E-state index contributed by atoms with van der Waals surface area (Å²) < 4.78 is 8.48. The number of piperazine rings is 1. The number of carbonyl (C=O) groups excluding carboxylic acids is 1. The molecule has 0 spiro atoms. The average Bonchev–Trinajstić information content (AvgIpc) is 2.95. The molecule has 2 saturated heterocycles. The zero-order valence-electron chi connectivity index (χ0n) is 14.9. The minimum Gasteiger partial charge on any atom is -0.381 e. The predicted molar refractivity (Wildman–Crippen MR) is 91.3 cm³/mol. The van der Waals surface area contributed by atoms with Crippen LogP contribution in [0.15, 0.2) is 4.79 Å². The first-order valence-corrected chi connectivity index (χ1v) is 9.37. The summed E-state index contributed by atoms with van der Waals surface area (Å²) in [4.78, 5) is 29.5. The maximum absolute atomic E-state index is 12.9. The second kappa shape index (κ2) is 6.92. The SMILES string of the molecule is Cn1nc2n(c1=O)C[C@H](C(=O)N1CCN(C3CCOCC3)CC1)CC2. The van der Waals surface area contributed by atoms with Crippen LogP contribution in [0.2, 0.25) is 0 Å². The van der Waals surface area contributed by atoms with Crippen LogP contribution in [0.4, 0.5) is 0 Å². The Labute approximate surface area is 147 Å². The van der Waals surface area contributed by atoms with E-state index in [4.69, 9.17) is 4.74 Å². The Balaban J connectivity index is 1.35. The number of rotatable bonds is 2. The molecule has 8 nitrogen and oxygen atoms in total. The number of aryl methyl sites for hydroxylation is 2. The highest BCUT2D eigenvalue weighted by Gasteiger charge is 2.33. The Morgan fingerprint density at radius 3 is 2.56 bits per heavy atom. The van der Waals surface area contributed by atoms with E-state index in [0.717, 1.165) is 64.5 Å². The fraction of sp³-hybridized carbons (Fsp3) is 0.824. The molecular formula is C17H27N5O3. The number of hydrogen-bond donors (Lipinski definition) is 0. The highest BCUT2D eigenvalue weighted by molar-refractivity contribution is 5.79. The molecule has 0 aliphatic carbocycles. The predicted octanol–water partition coefficient (Wildman–Crippen LogP) is -0.533. The van der Waals surface area contributed by atoms with Gasteiger partial charge < -0.3 is 9.64 Å². The van der Waals surface area contributed by atoms with Gasteiger partial charge in [0.2, 0.25) is 5.91 Å². The maximum Gasteiger partial charge on any atom is 0.345 e. The lowest BCUT2D eigenvalue weighted by Crippen LogP contribution is -2.54. The van der Waals surface area contributed by atoms with Crippen molar-refractivity contribution in [1.29, 1.82) is 0 Å². The summed E-state index contributed by atoms with van der Waals surface area (Å²) in [5.41, 5.74) is -0.114. The molecular weight excluding hydrogens is 322 g/mol. The smallest absolute Gasteiger partial charge is 0.345 e. The monoisotopic (exact) mass is 349 g/mol. The minimum atomic E-state index is -0.114. The van der Waals surface area contributed by atoms with E-state index >= 15 is 0 Å². The second-order valence-corrected chi connectivity index (χ2v) is 7.37. The molecule has 1 amide bonds. The standard InChI is InChI=1S/C17H27N5O3/c1-19-17(24)22-12-13(2-3-15(22)18-19)16(23)21-8-6-20(7-9-21)14-4-10-25-11-5-14/h13-14H,2-12H2,1H3/t13-/m1/s1. The van der Waals surface area contributed by atoms with E-state index in [0.29, 0.717) is 19.0 Å². The summed E-state index contributed by atoms with van der Waals surface area (Å²) >= 11 is 0. The van der Waals surface area contributed by atoms with Crippen LogP contribution < -0.4 is 5.69 Å². The lowest BCUT2D eigenvalue weighted by Gasteiger charge is -2.41. The molecule has 25 heavy (non-hydrogen) atoms. The van der Waals surface area contributed by atoms with E-state index < -0.39 is 0 Å². The van der Waals surface area contributed by atoms with Crippen LogP contribution in [0.25, 0.3) is 0 Å². The molecule has 138 valence electrons. The summed E-state index contributed by atoms with van der Waals surface area (Å²) in [7, 11) is 1.67. The zero-order chi connectivity index (χ0) is 17.4. The number of hydrogen-bond acceptors (Lipinski definition) is 5. The maximum atomic E-state index is 12.9. The van der Waals surface area contributed by atoms with Crippen molar-refractivity contribution in [3.63, 3.8) is 0 Å². The Kier molecular flexibility index (Phi) is 4.64. The van der Waals surface area contributed by atoms with E-state index in [1.165, 1.54) is 4.68 Å². The molecule has 4 rings (SSSR count). The summed E-state index contributed by atoms with van der Waals surface area (Å²) in [6.45, 7) is 5.66. The van der Waals surface area contributed by atoms with Crippen molar-refractivity contribution in [1.82, 2.24) is 24.1 Å². The molecule has 0 saturated carbocycles. The summed E-state index contributed by atoms with van der Waals surface area (Å²) in [5.74, 6) is 0.915. The molecule has 0 radical (unpaired) electrons. The zero-order valence-corrected chi connectivity index (χ0v) is 14.9. The highest BCUT2D eigenvalue weighted by Crippen LogP contribution is 2.22. The molecule has 3 aliphatic heterocycles. The molecule has 0 bridgehead atoms. The van der Waals surface area contributed by atoms with Crippen molar-refractivity contribution in [2.75, 3.05) is 39.4 Å². The van der Waals surface area contributed by atoms with E-state index in [1.54, 1.807) is 11.6 Å². The van der Waals surface area contributed by atoms with Gasteiger partial charge in [-0.1, -0.05) is 0 Å². The van der Waals surface area contributed by atoms with Gasteiger partial charge in [0, 0.05) is 65.4 Å². The lowest BCUT2D eigenvalue weighted by atomic mass is 9.97. The molecule has 0 unspecified atom stereocenters. The number of nitrogens with zero attached hydrogens (tertiary/aromatic N) is 5. The van der Waals surface area contributed by atoms with E-state index in [9.17, 15) is 9.59 Å². The number of amides is 1. The Morgan fingerprint density at radius 2 is 1.84 bits per heavy atom. The molecule has 3 aliphatic rings. The second-order valence-electron chi connectivity index (χ2n) is 7.37. The minimum absolute atomic E-state index is 0.0935. The first-order valence-electron chi connectivity index (χ1n) is 9.37. The van der Waals surface area contributed by atoms with Gasteiger partial charge in [0.1, 0.15) is 5.82 Å². The van der Waals surface area contributed by atoms with Crippen LogP contribution in [-0.4, -0.2) is 75.5 Å². The number of fused-ring (bicyclic) bond motifs is 1. The summed E-state index contributed by atoms with van der Waals surface area (Å²) in [6, 6.07) is 0.609. The first-order chi connectivity index (χ1) is 12.1. The van der Waals surface area contributed by atoms with Gasteiger partial charge in [-0.2, -0.15) is 5.10 Å². The normalized spacial score (nSPS) is 25.8. The molecule has 0 N–H and O–H groups in total. The molecule has 4 heterocycles. The fourth-order valence-corrected chi connectivity index (χ4v) is 4.36. The van der Waals surface area contributed by atoms with Crippen LogP contribution >= 0.6 is 0 Å². The number of carbonyl (C=O) groups is 1. The molecule has 1 aromatic rings. The van der Waals surface area contributed by atoms with Crippen molar-refractivity contribution < 1.29 is 9.53 Å². The molecule has 1 atom stereocenters. The van der Waals surface area contributed by atoms with Gasteiger partial charge in [0.15, 0.2) is 0 Å². The van der Waals surface area contributed by atoms with Crippen LogP contribution in [0, 0.1) is 5.92 Å². The van der Waals surface area contributed by atoms with Crippen LogP contribution in [-0.2, 0) is 29.5 Å². The van der Waals surface area contributed by atoms with Crippen molar-refractivity contribution >= 4 is 5.91 Å². The van der Waals surface area contributed by atoms with Gasteiger partial charge in [0.05, 0.1) is 5.92 Å². The van der Waals surface area contributed by atoms with Gasteiger partial charge in [-0.25, -0.2) is 9.48 Å². The van der Waals surface area contributed by atoms with Gasteiger partial charge in [-0.15, -0.1) is 0 Å². The van der Waals surface area contributed by atoms with Gasteiger partial charge in [0.25, 0.3) is 0 Å². The quantitative estimate of drug-likeness (QED) is 0.718. The van der Waals surface area contributed by atoms with Crippen molar-refractivity contribution in [2.24, 2.45) is 13.0 Å². The number of ether oxygens (including phenoxy) is 1. The summed E-state index contributed by atoms with van der Waals surface area (Å²) in [5, 5.41) is 4.24. The largest absolute Gasteiger partial charge is 0.381 e. The molecule has 0 aromatic carbocycles. The average molecular weight is 349 g/mol. The van der Waals surface area contributed by atoms with Gasteiger partial charge in [-0.3, -0.25) is 14.3 Å². The first kappa shape index (κ1) is 16.8. The van der Waals surface area contributed by atoms with Crippen molar-refractivity contribution in [3.05, 3.63) is 16.3 Å². The van der Waals surface area contributed by atoms with E-state index in [1.807, 2.05) is 4.90 Å². The van der Waals surface area contributed by atoms with Gasteiger partial charge >= 0.3 is 5.69 Å². The number of aromatic nitrogens is 3. The Bertz CT molecular complexity index is 683. The van der Waals surface area contributed by atoms with Gasteiger partial charge in [-0.05, 0) is 19.3 Å². The fourth-order valence-electron chi connectivity index (χ4n) is 4.36. The third-order valence-electron chi connectivity index (χ3n) is 5.89. The van der Waals surface area contributed by atoms with Crippen LogP contribution in [0.1, 0.15) is 25.1 Å². The van der Waals surface area contributed by atoms with Crippen molar-refractivity contribution in [3.8, 4) is 0 Å². The topological polar surface area (TPSA) is 72.6 Å². The molecule has 1 aromatic heterocycles.